The van der Waals surface area contributed by atoms with E-state index in [4.69, 9.17) is 32.7 Å². The number of aliphatic carboxylic acids is 1. The first-order chi connectivity index (χ1) is 11.1. The number of carbonyl (C=O) groups is 2. The van der Waals surface area contributed by atoms with E-state index < -0.39 is 29.8 Å². The zero-order valence-electron chi connectivity index (χ0n) is 13.6. The van der Waals surface area contributed by atoms with Crippen molar-refractivity contribution < 1.29 is 24.2 Å². The first-order valence-electron chi connectivity index (χ1n) is 7.41. The number of rotatable bonds is 3. The number of likely N-dealkylation sites (tertiary alicyclic amines) is 1. The summed E-state index contributed by atoms with van der Waals surface area (Å²) in [7, 11) is 0. The third-order valence-electron chi connectivity index (χ3n) is 3.37. The molecule has 132 valence electrons. The van der Waals surface area contributed by atoms with E-state index in [1.54, 1.807) is 39.0 Å². The minimum Gasteiger partial charge on any atom is -0.488 e. The lowest BCUT2D eigenvalue weighted by atomic mass is 10.2. The third-order valence-corrected chi connectivity index (χ3v) is 4.11. The van der Waals surface area contributed by atoms with E-state index in [0.717, 1.165) is 0 Å². The van der Waals surface area contributed by atoms with Crippen LogP contribution in [0.1, 0.15) is 27.2 Å². The van der Waals surface area contributed by atoms with E-state index >= 15 is 0 Å². The maximum Gasteiger partial charge on any atom is 0.411 e. The summed E-state index contributed by atoms with van der Waals surface area (Å²) in [5, 5.41) is 10.1. The van der Waals surface area contributed by atoms with Crippen LogP contribution in [0.2, 0.25) is 10.0 Å². The molecule has 0 aromatic heterocycles. The van der Waals surface area contributed by atoms with E-state index in [2.05, 4.69) is 0 Å². The minimum absolute atomic E-state index is 0.117. The van der Waals surface area contributed by atoms with Crippen LogP contribution in [0.5, 0.6) is 5.75 Å². The normalized spacial score (nSPS) is 20.8. The van der Waals surface area contributed by atoms with Crippen LogP contribution in [-0.4, -0.2) is 46.4 Å². The summed E-state index contributed by atoms with van der Waals surface area (Å²) in [5.41, 5.74) is -0.706. The van der Waals surface area contributed by atoms with Crippen molar-refractivity contribution in [3.8, 4) is 5.75 Å². The number of carbonyl (C=O) groups excluding carboxylic acids is 1. The van der Waals surface area contributed by atoms with Crippen LogP contribution in [0.3, 0.4) is 0 Å². The molecule has 0 unspecified atom stereocenters. The zero-order valence-corrected chi connectivity index (χ0v) is 15.1. The second-order valence-corrected chi connectivity index (χ2v) is 7.35. The fourth-order valence-corrected chi connectivity index (χ4v) is 2.67. The molecule has 0 radical (unpaired) electrons. The van der Waals surface area contributed by atoms with Crippen LogP contribution in [0.25, 0.3) is 0 Å². The fourth-order valence-electron chi connectivity index (χ4n) is 2.38. The number of halogens is 2. The van der Waals surface area contributed by atoms with E-state index in [1.165, 1.54) is 4.90 Å². The maximum atomic E-state index is 12.2. The van der Waals surface area contributed by atoms with E-state index in [1.807, 2.05) is 0 Å². The second-order valence-electron chi connectivity index (χ2n) is 6.54. The molecule has 1 fully saturated rings. The van der Waals surface area contributed by atoms with Gasteiger partial charge in [0.15, 0.2) is 0 Å². The Labute approximate surface area is 150 Å². The zero-order chi connectivity index (χ0) is 18.1. The average Bonchev–Trinajstić information content (AvgIpc) is 2.85. The molecule has 1 saturated heterocycles. The third kappa shape index (κ3) is 4.68. The molecule has 1 amide bonds. The first kappa shape index (κ1) is 18.7. The molecule has 0 bridgehead atoms. The van der Waals surface area contributed by atoms with Gasteiger partial charge in [0.1, 0.15) is 23.5 Å². The molecule has 1 aliphatic rings. The van der Waals surface area contributed by atoms with Gasteiger partial charge in [-0.05, 0) is 32.9 Å². The lowest BCUT2D eigenvalue weighted by molar-refractivity contribution is -0.142. The Morgan fingerprint density at radius 2 is 1.92 bits per heavy atom. The minimum atomic E-state index is -1.10. The Morgan fingerprint density at radius 3 is 2.46 bits per heavy atom. The van der Waals surface area contributed by atoms with Crippen molar-refractivity contribution in [2.75, 3.05) is 6.54 Å². The molecule has 2 atom stereocenters. The number of carboxylic acid groups (broad SMARTS) is 1. The Balaban J connectivity index is 2.10. The van der Waals surface area contributed by atoms with Crippen LogP contribution < -0.4 is 4.74 Å². The van der Waals surface area contributed by atoms with Gasteiger partial charge in [-0.3, -0.25) is 4.90 Å². The summed E-state index contributed by atoms with van der Waals surface area (Å²) in [5.74, 6) is -0.634. The molecule has 0 aliphatic carbocycles. The van der Waals surface area contributed by atoms with Gasteiger partial charge in [0.25, 0.3) is 0 Å². The van der Waals surface area contributed by atoms with Gasteiger partial charge in [-0.25, -0.2) is 9.59 Å². The summed E-state index contributed by atoms with van der Waals surface area (Å²) in [6.07, 6.45) is -0.986. The van der Waals surface area contributed by atoms with Gasteiger partial charge in [-0.1, -0.05) is 23.2 Å². The van der Waals surface area contributed by atoms with E-state index in [9.17, 15) is 14.7 Å². The van der Waals surface area contributed by atoms with Crippen molar-refractivity contribution >= 4 is 35.3 Å². The van der Waals surface area contributed by atoms with Gasteiger partial charge >= 0.3 is 12.1 Å². The van der Waals surface area contributed by atoms with Crippen LogP contribution in [0.15, 0.2) is 18.2 Å². The summed E-state index contributed by atoms with van der Waals surface area (Å²) in [6, 6.07) is 3.79. The fraction of sp³-hybridized carbons (Fsp3) is 0.500. The van der Waals surface area contributed by atoms with Crippen LogP contribution in [0.4, 0.5) is 4.79 Å². The van der Waals surface area contributed by atoms with Crippen LogP contribution >= 0.6 is 23.2 Å². The molecular formula is C16H19Cl2NO5. The maximum absolute atomic E-state index is 12.2. The van der Waals surface area contributed by atoms with Crippen molar-refractivity contribution in [2.45, 2.75) is 44.9 Å². The molecule has 0 spiro atoms. The summed E-state index contributed by atoms with van der Waals surface area (Å²) >= 11 is 11.8. The molecule has 2 rings (SSSR count). The van der Waals surface area contributed by atoms with Crippen molar-refractivity contribution in [3.63, 3.8) is 0 Å². The number of amides is 1. The van der Waals surface area contributed by atoms with Crippen molar-refractivity contribution in [2.24, 2.45) is 0 Å². The second kappa shape index (κ2) is 7.07. The van der Waals surface area contributed by atoms with Gasteiger partial charge in [0.2, 0.25) is 0 Å². The average molecular weight is 376 g/mol. The largest absolute Gasteiger partial charge is 0.488 e. The van der Waals surface area contributed by atoms with E-state index in [0.29, 0.717) is 15.8 Å². The van der Waals surface area contributed by atoms with Crippen molar-refractivity contribution in [1.82, 2.24) is 4.90 Å². The quantitative estimate of drug-likeness (QED) is 0.868. The Morgan fingerprint density at radius 1 is 1.25 bits per heavy atom. The van der Waals surface area contributed by atoms with Crippen LogP contribution in [0, 0.1) is 0 Å². The van der Waals surface area contributed by atoms with Gasteiger partial charge in [-0.15, -0.1) is 0 Å². The highest BCUT2D eigenvalue weighted by molar-refractivity contribution is 6.42. The summed E-state index contributed by atoms with van der Waals surface area (Å²) < 4.78 is 11.0. The van der Waals surface area contributed by atoms with Crippen molar-refractivity contribution in [3.05, 3.63) is 28.2 Å². The Kier molecular flexibility index (Phi) is 5.50. The molecule has 24 heavy (non-hydrogen) atoms. The molecule has 1 aromatic carbocycles. The standard InChI is InChI=1S/C16H19Cl2NO5/c1-16(2,3)24-15(22)19-8-10(7-13(19)14(20)21)23-9-4-5-11(17)12(18)6-9/h4-6,10,13H,7-8H2,1-3H3,(H,20,21)/t10-,13-/m0/s1. The predicted octanol–water partition coefficient (Wildman–Crippen LogP) is 3.83. The molecule has 0 saturated carbocycles. The van der Waals surface area contributed by atoms with Gasteiger partial charge in [-0.2, -0.15) is 0 Å². The smallest absolute Gasteiger partial charge is 0.411 e. The number of ether oxygens (including phenoxy) is 2. The van der Waals surface area contributed by atoms with Crippen LogP contribution in [-0.2, 0) is 9.53 Å². The highest BCUT2D eigenvalue weighted by Crippen LogP contribution is 2.29. The molecule has 6 nitrogen and oxygen atoms in total. The number of carboxylic acids is 1. The highest BCUT2D eigenvalue weighted by atomic mass is 35.5. The predicted molar refractivity (Wildman–Crippen MR) is 89.9 cm³/mol. The number of benzene rings is 1. The van der Waals surface area contributed by atoms with Crippen molar-refractivity contribution in [1.29, 1.82) is 0 Å². The topological polar surface area (TPSA) is 76.1 Å². The number of hydrogen-bond donors (Lipinski definition) is 1. The van der Waals surface area contributed by atoms with Gasteiger partial charge < -0.3 is 14.6 Å². The molecule has 1 aliphatic heterocycles. The van der Waals surface area contributed by atoms with Gasteiger partial charge in [0, 0.05) is 12.5 Å². The SMILES string of the molecule is CC(C)(C)OC(=O)N1C[C@@H](Oc2ccc(Cl)c(Cl)c2)C[C@H]1C(=O)O. The Hall–Kier alpha value is -1.66. The van der Waals surface area contributed by atoms with E-state index in [-0.39, 0.29) is 13.0 Å². The summed E-state index contributed by atoms with van der Waals surface area (Å²) in [6.45, 7) is 5.29. The number of hydrogen-bond acceptors (Lipinski definition) is 4. The highest BCUT2D eigenvalue weighted by Gasteiger charge is 2.42. The lowest BCUT2D eigenvalue weighted by Gasteiger charge is -2.26. The summed E-state index contributed by atoms with van der Waals surface area (Å²) in [4.78, 5) is 24.8. The molecular weight excluding hydrogens is 357 g/mol. The molecule has 1 aromatic rings. The lowest BCUT2D eigenvalue weighted by Crippen LogP contribution is -2.43. The van der Waals surface area contributed by atoms with Gasteiger partial charge in [0.05, 0.1) is 16.6 Å². The molecule has 8 heteroatoms. The number of nitrogens with zero attached hydrogens (tertiary/aromatic N) is 1. The molecule has 1 heterocycles. The monoisotopic (exact) mass is 375 g/mol. The Bertz CT molecular complexity index is 644. The first-order valence-corrected chi connectivity index (χ1v) is 8.16. The molecule has 1 N–H and O–H groups in total.